The second kappa shape index (κ2) is 6.67. The van der Waals surface area contributed by atoms with Crippen molar-refractivity contribution in [2.75, 3.05) is 18.5 Å². The van der Waals surface area contributed by atoms with Crippen LogP contribution in [0.3, 0.4) is 0 Å². The van der Waals surface area contributed by atoms with Gasteiger partial charge in [0.25, 0.3) is 0 Å². The van der Waals surface area contributed by atoms with Gasteiger partial charge in [0.05, 0.1) is 6.61 Å². The van der Waals surface area contributed by atoms with Gasteiger partial charge in [0.15, 0.2) is 4.34 Å². The Labute approximate surface area is 120 Å². The van der Waals surface area contributed by atoms with Crippen LogP contribution in [0.1, 0.15) is 19.5 Å². The molecule has 0 spiro atoms. The van der Waals surface area contributed by atoms with Crippen molar-refractivity contribution in [1.29, 1.82) is 0 Å². The summed E-state index contributed by atoms with van der Waals surface area (Å²) in [7, 11) is 0. The summed E-state index contributed by atoms with van der Waals surface area (Å²) in [6.07, 6.45) is 0. The Balaban J connectivity index is 2.22. The van der Waals surface area contributed by atoms with Crippen molar-refractivity contribution < 1.29 is 4.74 Å². The third kappa shape index (κ3) is 4.03. The van der Waals surface area contributed by atoms with E-state index < -0.39 is 0 Å². The maximum Gasteiger partial charge on any atom is 0.322 e. The van der Waals surface area contributed by atoms with Crippen LogP contribution in [0.5, 0.6) is 6.01 Å². The van der Waals surface area contributed by atoms with Gasteiger partial charge in [-0.1, -0.05) is 0 Å². The van der Waals surface area contributed by atoms with Crippen molar-refractivity contribution in [3.63, 3.8) is 0 Å². The Hall–Kier alpha value is -1.41. The minimum Gasteiger partial charge on any atom is -0.464 e. The van der Waals surface area contributed by atoms with Gasteiger partial charge >= 0.3 is 6.01 Å². The highest BCUT2D eigenvalue weighted by atomic mass is 32.2. The van der Waals surface area contributed by atoms with Gasteiger partial charge in [-0.2, -0.15) is 15.0 Å². The predicted octanol–water partition coefficient (Wildman–Crippen LogP) is 2.62. The van der Waals surface area contributed by atoms with Gasteiger partial charge in [-0.15, -0.1) is 11.3 Å². The first-order chi connectivity index (χ1) is 9.21. The van der Waals surface area contributed by atoms with Gasteiger partial charge < -0.3 is 10.1 Å². The zero-order valence-corrected chi connectivity index (χ0v) is 12.6. The summed E-state index contributed by atoms with van der Waals surface area (Å²) in [5, 5.41) is 5.65. The smallest absolute Gasteiger partial charge is 0.322 e. The number of nitrogens with one attached hydrogen (secondary N) is 1. The van der Waals surface area contributed by atoms with Gasteiger partial charge in [-0.25, -0.2) is 4.98 Å². The highest BCUT2D eigenvalue weighted by Crippen LogP contribution is 2.28. The molecule has 0 radical (unpaired) electrons. The first-order valence-electron chi connectivity index (χ1n) is 5.94. The van der Waals surface area contributed by atoms with E-state index in [0.29, 0.717) is 23.7 Å². The van der Waals surface area contributed by atoms with Crippen LogP contribution in [0.25, 0.3) is 0 Å². The topological polar surface area (TPSA) is 72.8 Å². The Bertz CT molecular complexity index is 521. The molecule has 0 aliphatic heterocycles. The summed E-state index contributed by atoms with van der Waals surface area (Å²) in [6.45, 7) is 7.12. The van der Waals surface area contributed by atoms with Gasteiger partial charge in [0, 0.05) is 17.6 Å². The fourth-order valence-electron chi connectivity index (χ4n) is 1.27. The van der Waals surface area contributed by atoms with Gasteiger partial charge in [-0.3, -0.25) is 0 Å². The number of thiazole rings is 1. The molecule has 0 aliphatic rings. The highest BCUT2D eigenvalue weighted by molar-refractivity contribution is 8.00. The Kier molecular flexibility index (Phi) is 4.92. The van der Waals surface area contributed by atoms with Crippen LogP contribution in [0.15, 0.2) is 14.9 Å². The molecular weight excluding hydrogens is 282 g/mol. The monoisotopic (exact) mass is 297 g/mol. The van der Waals surface area contributed by atoms with E-state index in [2.05, 4.69) is 25.3 Å². The molecule has 0 saturated carbocycles. The van der Waals surface area contributed by atoms with Crippen LogP contribution in [0.2, 0.25) is 0 Å². The molecule has 8 heteroatoms. The molecule has 2 rings (SSSR count). The molecule has 0 fully saturated rings. The number of nitrogens with zero attached hydrogens (tertiary/aromatic N) is 4. The molecule has 6 nitrogen and oxygen atoms in total. The van der Waals surface area contributed by atoms with Crippen LogP contribution < -0.4 is 10.1 Å². The Morgan fingerprint density at radius 1 is 1.26 bits per heavy atom. The third-order valence-electron chi connectivity index (χ3n) is 1.98. The lowest BCUT2D eigenvalue weighted by atomic mass is 10.6. The Morgan fingerprint density at radius 2 is 2.11 bits per heavy atom. The van der Waals surface area contributed by atoms with Gasteiger partial charge in [0.1, 0.15) is 0 Å². The standard InChI is InChI=1S/C11H15N5OS2/c1-4-12-8-14-9(17-5-2)16-10(15-8)19-11-13-7(3)6-18-11/h6H,4-5H2,1-3H3,(H,12,14,15,16). The summed E-state index contributed by atoms with van der Waals surface area (Å²) in [5.74, 6) is 0.525. The fraction of sp³-hybridized carbons (Fsp3) is 0.455. The number of hydrogen-bond acceptors (Lipinski definition) is 8. The lowest BCUT2D eigenvalue weighted by molar-refractivity contribution is 0.308. The van der Waals surface area contributed by atoms with E-state index in [1.54, 1.807) is 11.3 Å². The van der Waals surface area contributed by atoms with Crippen molar-refractivity contribution in [2.45, 2.75) is 30.3 Å². The van der Waals surface area contributed by atoms with Crippen molar-refractivity contribution in [3.05, 3.63) is 11.1 Å². The molecule has 2 heterocycles. The summed E-state index contributed by atoms with van der Waals surface area (Å²) >= 11 is 2.99. The van der Waals surface area contributed by atoms with Crippen LogP contribution in [-0.4, -0.2) is 33.1 Å². The van der Waals surface area contributed by atoms with E-state index in [4.69, 9.17) is 4.74 Å². The average Bonchev–Trinajstić information content (AvgIpc) is 2.75. The highest BCUT2D eigenvalue weighted by Gasteiger charge is 2.10. The number of ether oxygens (including phenoxy) is 1. The summed E-state index contributed by atoms with van der Waals surface area (Å²) in [4.78, 5) is 17.1. The van der Waals surface area contributed by atoms with Crippen molar-refractivity contribution in [1.82, 2.24) is 19.9 Å². The summed E-state index contributed by atoms with van der Waals surface area (Å²) in [6, 6.07) is 0.337. The Morgan fingerprint density at radius 3 is 2.74 bits per heavy atom. The zero-order chi connectivity index (χ0) is 13.7. The molecule has 0 unspecified atom stereocenters. The largest absolute Gasteiger partial charge is 0.464 e. The lowest BCUT2D eigenvalue weighted by Gasteiger charge is -2.06. The number of anilines is 1. The van der Waals surface area contributed by atoms with Crippen molar-refractivity contribution >= 4 is 29.0 Å². The SMILES string of the molecule is CCNc1nc(OCC)nc(Sc2nc(C)cs2)n1. The van der Waals surface area contributed by atoms with E-state index in [1.807, 2.05) is 26.2 Å². The first kappa shape index (κ1) is 14.0. The minimum absolute atomic E-state index is 0.337. The van der Waals surface area contributed by atoms with Gasteiger partial charge in [-0.05, 0) is 32.5 Å². The van der Waals surface area contributed by atoms with Crippen LogP contribution in [0.4, 0.5) is 5.95 Å². The molecule has 19 heavy (non-hydrogen) atoms. The molecule has 0 bridgehead atoms. The molecule has 102 valence electrons. The van der Waals surface area contributed by atoms with E-state index in [0.717, 1.165) is 16.6 Å². The predicted molar refractivity (Wildman–Crippen MR) is 76.1 cm³/mol. The summed E-state index contributed by atoms with van der Waals surface area (Å²) < 4.78 is 6.25. The van der Waals surface area contributed by atoms with Gasteiger partial charge in [0.2, 0.25) is 11.1 Å². The average molecular weight is 297 g/mol. The van der Waals surface area contributed by atoms with E-state index >= 15 is 0 Å². The molecule has 2 aromatic rings. The maximum atomic E-state index is 5.34. The van der Waals surface area contributed by atoms with Crippen molar-refractivity contribution in [3.8, 4) is 6.01 Å². The molecule has 0 saturated heterocycles. The molecular formula is C11H15N5OS2. The minimum atomic E-state index is 0.337. The molecule has 0 amide bonds. The molecule has 0 aliphatic carbocycles. The number of aryl methyl sites for hydroxylation is 1. The molecule has 0 aromatic carbocycles. The molecule has 1 N–H and O–H groups in total. The van der Waals surface area contributed by atoms with Crippen LogP contribution in [-0.2, 0) is 0 Å². The number of rotatable bonds is 6. The second-order valence-electron chi connectivity index (χ2n) is 3.54. The second-order valence-corrected chi connectivity index (χ2v) is 5.62. The van der Waals surface area contributed by atoms with Crippen molar-refractivity contribution in [2.24, 2.45) is 0 Å². The van der Waals surface area contributed by atoms with Crippen LogP contribution >= 0.6 is 23.1 Å². The third-order valence-corrected chi connectivity index (χ3v) is 3.90. The van der Waals surface area contributed by atoms with E-state index in [9.17, 15) is 0 Å². The lowest BCUT2D eigenvalue weighted by Crippen LogP contribution is -2.07. The zero-order valence-electron chi connectivity index (χ0n) is 11.0. The molecule has 0 atom stereocenters. The fourth-order valence-corrected chi connectivity index (χ4v) is 2.95. The number of aromatic nitrogens is 4. The molecule has 2 aromatic heterocycles. The van der Waals surface area contributed by atoms with E-state index in [-0.39, 0.29) is 0 Å². The van der Waals surface area contributed by atoms with E-state index in [1.165, 1.54) is 11.8 Å². The first-order valence-corrected chi connectivity index (χ1v) is 7.63. The maximum absolute atomic E-state index is 5.34. The number of hydrogen-bond donors (Lipinski definition) is 1. The quantitative estimate of drug-likeness (QED) is 0.878. The normalized spacial score (nSPS) is 10.5. The van der Waals surface area contributed by atoms with Crippen LogP contribution in [0, 0.1) is 6.92 Å². The summed E-state index contributed by atoms with van der Waals surface area (Å²) in [5.41, 5.74) is 0.999.